The van der Waals surface area contributed by atoms with Gasteiger partial charge in [0.05, 0.1) is 5.52 Å². The molecule has 23 heavy (non-hydrogen) atoms. The number of pyridine rings is 1. The number of benzene rings is 1. The number of fused-ring (bicyclic) bond motifs is 1. The highest BCUT2D eigenvalue weighted by Gasteiger charge is 2.22. The molecule has 1 aliphatic heterocycles. The Morgan fingerprint density at radius 3 is 2.43 bits per heavy atom. The van der Waals surface area contributed by atoms with Crippen LogP contribution in [-0.2, 0) is 0 Å². The van der Waals surface area contributed by atoms with Gasteiger partial charge in [0.25, 0.3) is 0 Å². The summed E-state index contributed by atoms with van der Waals surface area (Å²) in [5.41, 5.74) is 2.26. The second-order valence-electron chi connectivity index (χ2n) is 5.98. The summed E-state index contributed by atoms with van der Waals surface area (Å²) >= 11 is 6.08. The molecule has 0 N–H and O–H groups in total. The summed E-state index contributed by atoms with van der Waals surface area (Å²) in [5.74, 6) is 0. The topological polar surface area (TPSA) is 19.4 Å². The third kappa shape index (κ3) is 3.90. The van der Waals surface area contributed by atoms with Crippen molar-refractivity contribution in [3.8, 4) is 0 Å². The maximum absolute atomic E-state index is 6.08. The van der Waals surface area contributed by atoms with Gasteiger partial charge in [0.2, 0.25) is 0 Å². The van der Waals surface area contributed by atoms with Crippen LogP contribution < -0.4 is 4.90 Å². The van der Waals surface area contributed by atoms with Crippen LogP contribution >= 0.6 is 24.0 Å². The lowest BCUT2D eigenvalue weighted by atomic mass is 10.1. The molecule has 2 aromatic rings. The molecule has 0 unspecified atom stereocenters. The van der Waals surface area contributed by atoms with Crippen molar-refractivity contribution < 1.29 is 0 Å². The molecule has 1 aromatic carbocycles. The molecule has 5 heteroatoms. The number of anilines is 1. The van der Waals surface area contributed by atoms with Crippen LogP contribution in [0, 0.1) is 0 Å². The van der Waals surface area contributed by atoms with Crippen LogP contribution in [0.4, 0.5) is 5.69 Å². The van der Waals surface area contributed by atoms with Gasteiger partial charge in [-0.1, -0.05) is 25.4 Å². The minimum absolute atomic E-state index is 0. The number of hydrogen-bond acceptors (Lipinski definition) is 3. The van der Waals surface area contributed by atoms with Gasteiger partial charge in [-0.2, -0.15) is 0 Å². The second kappa shape index (κ2) is 8.18. The van der Waals surface area contributed by atoms with Gasteiger partial charge in [0.15, 0.2) is 0 Å². The molecule has 0 radical (unpaired) electrons. The van der Waals surface area contributed by atoms with Crippen molar-refractivity contribution in [2.24, 2.45) is 0 Å². The van der Waals surface area contributed by atoms with Crippen molar-refractivity contribution in [3.05, 3.63) is 35.5 Å². The predicted molar refractivity (Wildman–Crippen MR) is 102 cm³/mol. The standard InChI is InChI=1S/C18H24ClN3.ClH/c1-3-15(4-2)21-9-11-22(12-10-21)18-7-8-20-17-13-14(19)5-6-16(17)18;/h5-8,13,15H,3-4,9-12H2,1-2H3;1H. The van der Waals surface area contributed by atoms with E-state index in [9.17, 15) is 0 Å². The van der Waals surface area contributed by atoms with Gasteiger partial charge in [0, 0.05) is 54.5 Å². The minimum atomic E-state index is 0. The lowest BCUT2D eigenvalue weighted by Crippen LogP contribution is -2.50. The van der Waals surface area contributed by atoms with Gasteiger partial charge in [-0.3, -0.25) is 9.88 Å². The fourth-order valence-corrected chi connectivity index (χ4v) is 3.68. The van der Waals surface area contributed by atoms with E-state index in [1.165, 1.54) is 23.9 Å². The van der Waals surface area contributed by atoms with E-state index in [1.54, 1.807) is 0 Å². The Hall–Kier alpha value is -1.03. The quantitative estimate of drug-likeness (QED) is 0.799. The molecule has 0 aliphatic carbocycles. The number of aromatic nitrogens is 1. The summed E-state index contributed by atoms with van der Waals surface area (Å²) in [6.07, 6.45) is 4.38. The molecular formula is C18H25Cl2N3. The van der Waals surface area contributed by atoms with Crippen molar-refractivity contribution in [2.75, 3.05) is 31.1 Å². The Morgan fingerprint density at radius 2 is 1.78 bits per heavy atom. The fraction of sp³-hybridized carbons (Fsp3) is 0.500. The second-order valence-corrected chi connectivity index (χ2v) is 6.42. The summed E-state index contributed by atoms with van der Waals surface area (Å²) in [6, 6.07) is 8.85. The third-order valence-electron chi connectivity index (χ3n) is 4.80. The Kier molecular flexibility index (Phi) is 6.51. The first-order chi connectivity index (χ1) is 10.7. The molecule has 0 spiro atoms. The predicted octanol–water partition coefficient (Wildman–Crippen LogP) is 4.62. The first-order valence-corrected chi connectivity index (χ1v) is 8.64. The van der Waals surface area contributed by atoms with Crippen molar-refractivity contribution in [1.29, 1.82) is 0 Å². The molecule has 1 aliphatic rings. The molecule has 0 amide bonds. The van der Waals surface area contributed by atoms with E-state index in [-0.39, 0.29) is 12.4 Å². The largest absolute Gasteiger partial charge is 0.368 e. The van der Waals surface area contributed by atoms with Crippen molar-refractivity contribution in [3.63, 3.8) is 0 Å². The van der Waals surface area contributed by atoms with Crippen LogP contribution in [0.3, 0.4) is 0 Å². The van der Waals surface area contributed by atoms with E-state index < -0.39 is 0 Å². The molecule has 3 rings (SSSR count). The highest BCUT2D eigenvalue weighted by Crippen LogP contribution is 2.28. The normalized spacial score (nSPS) is 15.9. The molecule has 1 saturated heterocycles. The summed E-state index contributed by atoms with van der Waals surface area (Å²) in [6.45, 7) is 9.03. The maximum atomic E-state index is 6.08. The SMILES string of the molecule is CCC(CC)N1CCN(c2ccnc3cc(Cl)ccc23)CC1.Cl. The minimum Gasteiger partial charge on any atom is -0.368 e. The summed E-state index contributed by atoms with van der Waals surface area (Å²) in [7, 11) is 0. The van der Waals surface area contributed by atoms with Crippen LogP contribution in [0.15, 0.2) is 30.5 Å². The van der Waals surface area contributed by atoms with Gasteiger partial charge in [0.1, 0.15) is 0 Å². The van der Waals surface area contributed by atoms with Gasteiger partial charge in [-0.15, -0.1) is 12.4 Å². The first kappa shape index (κ1) is 18.3. The highest BCUT2D eigenvalue weighted by atomic mass is 35.5. The number of hydrogen-bond donors (Lipinski definition) is 0. The zero-order valence-corrected chi connectivity index (χ0v) is 15.4. The van der Waals surface area contributed by atoms with E-state index in [1.807, 2.05) is 18.3 Å². The zero-order chi connectivity index (χ0) is 15.5. The Bertz CT molecular complexity index is 635. The molecular weight excluding hydrogens is 329 g/mol. The van der Waals surface area contributed by atoms with Crippen LogP contribution in [0.5, 0.6) is 0 Å². The third-order valence-corrected chi connectivity index (χ3v) is 5.03. The van der Waals surface area contributed by atoms with Crippen molar-refractivity contribution >= 4 is 40.6 Å². The molecule has 0 atom stereocenters. The van der Waals surface area contributed by atoms with Crippen molar-refractivity contribution in [2.45, 2.75) is 32.7 Å². The monoisotopic (exact) mass is 353 g/mol. The Morgan fingerprint density at radius 1 is 1.09 bits per heavy atom. The van der Waals surface area contributed by atoms with Crippen LogP contribution in [0.25, 0.3) is 10.9 Å². The number of rotatable bonds is 4. The molecule has 1 aromatic heterocycles. The van der Waals surface area contributed by atoms with Gasteiger partial charge < -0.3 is 4.90 Å². The van der Waals surface area contributed by atoms with Gasteiger partial charge in [-0.05, 0) is 37.1 Å². The van der Waals surface area contributed by atoms with Gasteiger partial charge in [-0.25, -0.2) is 0 Å². The Balaban J connectivity index is 0.00000192. The smallest absolute Gasteiger partial charge is 0.0737 e. The number of nitrogens with zero attached hydrogens (tertiary/aromatic N) is 3. The first-order valence-electron chi connectivity index (χ1n) is 8.26. The lowest BCUT2D eigenvalue weighted by molar-refractivity contribution is 0.176. The van der Waals surface area contributed by atoms with Gasteiger partial charge >= 0.3 is 0 Å². The summed E-state index contributed by atoms with van der Waals surface area (Å²) in [5, 5.41) is 1.94. The van der Waals surface area contributed by atoms with E-state index in [0.29, 0.717) is 0 Å². The molecule has 0 saturated carbocycles. The molecule has 3 nitrogen and oxygen atoms in total. The number of piperazine rings is 1. The fourth-order valence-electron chi connectivity index (χ4n) is 3.51. The molecule has 0 bridgehead atoms. The molecule has 2 heterocycles. The molecule has 126 valence electrons. The van der Waals surface area contributed by atoms with Crippen molar-refractivity contribution in [1.82, 2.24) is 9.88 Å². The average Bonchev–Trinajstić information content (AvgIpc) is 2.56. The molecule has 1 fully saturated rings. The summed E-state index contributed by atoms with van der Waals surface area (Å²) < 4.78 is 0. The van der Waals surface area contributed by atoms with E-state index in [0.717, 1.165) is 42.8 Å². The van der Waals surface area contributed by atoms with Crippen LogP contribution in [0.2, 0.25) is 5.02 Å². The van der Waals surface area contributed by atoms with Crippen LogP contribution in [-0.4, -0.2) is 42.1 Å². The van der Waals surface area contributed by atoms with E-state index in [2.05, 4.69) is 40.8 Å². The maximum Gasteiger partial charge on any atom is 0.0737 e. The van der Waals surface area contributed by atoms with E-state index in [4.69, 9.17) is 11.6 Å². The highest BCUT2D eigenvalue weighted by molar-refractivity contribution is 6.31. The average molecular weight is 354 g/mol. The van der Waals surface area contributed by atoms with Crippen LogP contribution in [0.1, 0.15) is 26.7 Å². The lowest BCUT2D eigenvalue weighted by Gasteiger charge is -2.40. The number of halogens is 2. The van der Waals surface area contributed by atoms with E-state index >= 15 is 0 Å². The summed E-state index contributed by atoms with van der Waals surface area (Å²) in [4.78, 5) is 9.56. The zero-order valence-electron chi connectivity index (χ0n) is 13.8. The Labute approximate surface area is 150 Å².